The van der Waals surface area contributed by atoms with Crippen LogP contribution in [0.2, 0.25) is 0 Å². The molecule has 1 N–H and O–H groups in total. The highest BCUT2D eigenvalue weighted by atomic mass is 79.9. The van der Waals surface area contributed by atoms with Crippen LogP contribution in [0, 0.1) is 0 Å². The zero-order valence-electron chi connectivity index (χ0n) is 11.4. The lowest BCUT2D eigenvalue weighted by Gasteiger charge is -2.17. The molecule has 0 bridgehead atoms. The molecule has 0 aliphatic rings. The number of alkyl halides is 1. The van der Waals surface area contributed by atoms with Crippen molar-refractivity contribution in [3.05, 3.63) is 71.8 Å². The topological polar surface area (TPSA) is 29.1 Å². The van der Waals surface area contributed by atoms with Crippen LogP contribution < -0.4 is 5.32 Å². The summed E-state index contributed by atoms with van der Waals surface area (Å²) in [6.45, 7) is 2.02. The van der Waals surface area contributed by atoms with Gasteiger partial charge in [0.2, 0.25) is 5.91 Å². The molecule has 0 heterocycles. The molecule has 104 valence electrons. The largest absolute Gasteiger partial charge is 0.352 e. The minimum Gasteiger partial charge on any atom is -0.352 e. The molecule has 3 heteroatoms. The number of hydrogen-bond acceptors (Lipinski definition) is 1. The van der Waals surface area contributed by atoms with E-state index in [2.05, 4.69) is 33.4 Å². The summed E-state index contributed by atoms with van der Waals surface area (Å²) in [5.41, 5.74) is 2.20. The summed E-state index contributed by atoms with van der Waals surface area (Å²) in [6.07, 6.45) is 0.834. The van der Waals surface area contributed by atoms with Crippen LogP contribution in [0.1, 0.15) is 22.9 Å². The van der Waals surface area contributed by atoms with Gasteiger partial charge in [-0.25, -0.2) is 0 Å². The minimum atomic E-state index is -0.304. The molecule has 2 rings (SSSR count). The number of amides is 1. The van der Waals surface area contributed by atoms with Gasteiger partial charge in [-0.1, -0.05) is 76.6 Å². The lowest BCUT2D eigenvalue weighted by Crippen LogP contribution is -2.36. The van der Waals surface area contributed by atoms with E-state index in [9.17, 15) is 4.79 Å². The van der Waals surface area contributed by atoms with Gasteiger partial charge >= 0.3 is 0 Å². The average molecular weight is 332 g/mol. The smallest absolute Gasteiger partial charge is 0.238 e. The van der Waals surface area contributed by atoms with Crippen molar-refractivity contribution in [1.82, 2.24) is 5.32 Å². The van der Waals surface area contributed by atoms with Crippen molar-refractivity contribution in [1.29, 1.82) is 0 Å². The van der Waals surface area contributed by atoms with Gasteiger partial charge < -0.3 is 5.32 Å². The Hall–Kier alpha value is -1.61. The molecule has 2 aromatic carbocycles. The molecule has 1 amide bonds. The van der Waals surface area contributed by atoms with Crippen LogP contribution >= 0.6 is 15.9 Å². The fraction of sp³-hybridized carbons (Fsp3) is 0.235. The molecule has 2 nitrogen and oxygen atoms in total. The van der Waals surface area contributed by atoms with E-state index in [1.54, 1.807) is 0 Å². The monoisotopic (exact) mass is 331 g/mol. The van der Waals surface area contributed by atoms with E-state index >= 15 is 0 Å². The lowest BCUT2D eigenvalue weighted by molar-refractivity contribution is -0.121. The standard InChI is InChI=1S/C17H18BrNO/c1-13(12-14-8-4-2-5-9-14)19-17(20)16(18)15-10-6-3-7-11-15/h2-11,13,16H,12H2,1H3,(H,19,20). The Morgan fingerprint density at radius 3 is 2.20 bits per heavy atom. The Morgan fingerprint density at radius 2 is 1.60 bits per heavy atom. The molecular formula is C17H18BrNO. The Labute approximate surface area is 128 Å². The first kappa shape index (κ1) is 14.8. The first-order chi connectivity index (χ1) is 9.66. The number of halogens is 1. The molecule has 2 aromatic rings. The number of carbonyl (C=O) groups excluding carboxylic acids is 1. The summed E-state index contributed by atoms with van der Waals surface area (Å²) in [6, 6.07) is 20.0. The number of rotatable bonds is 5. The Morgan fingerprint density at radius 1 is 1.05 bits per heavy atom. The summed E-state index contributed by atoms with van der Waals surface area (Å²) < 4.78 is 0. The zero-order chi connectivity index (χ0) is 14.4. The molecule has 0 spiro atoms. The maximum Gasteiger partial charge on any atom is 0.238 e. The highest BCUT2D eigenvalue weighted by Gasteiger charge is 2.18. The fourth-order valence-corrected chi connectivity index (χ4v) is 2.55. The number of benzene rings is 2. The third kappa shape index (κ3) is 4.20. The first-order valence-electron chi connectivity index (χ1n) is 6.70. The van der Waals surface area contributed by atoms with Crippen LogP contribution in [0.4, 0.5) is 0 Å². The van der Waals surface area contributed by atoms with Gasteiger partial charge in [0.15, 0.2) is 0 Å². The van der Waals surface area contributed by atoms with E-state index in [1.165, 1.54) is 5.56 Å². The highest BCUT2D eigenvalue weighted by molar-refractivity contribution is 9.09. The second-order valence-electron chi connectivity index (χ2n) is 4.87. The third-order valence-corrected chi connectivity index (χ3v) is 4.04. The van der Waals surface area contributed by atoms with E-state index in [4.69, 9.17) is 0 Å². The predicted molar refractivity (Wildman–Crippen MR) is 85.9 cm³/mol. The van der Waals surface area contributed by atoms with Crippen molar-refractivity contribution in [2.45, 2.75) is 24.2 Å². The van der Waals surface area contributed by atoms with E-state index in [0.717, 1.165) is 12.0 Å². The second-order valence-corrected chi connectivity index (χ2v) is 5.79. The van der Waals surface area contributed by atoms with E-state index in [-0.39, 0.29) is 16.8 Å². The molecule has 0 aromatic heterocycles. The van der Waals surface area contributed by atoms with E-state index in [0.29, 0.717) is 0 Å². The molecule has 0 aliphatic heterocycles. The van der Waals surface area contributed by atoms with Gasteiger partial charge in [0.25, 0.3) is 0 Å². The van der Waals surface area contributed by atoms with Crippen molar-refractivity contribution in [2.24, 2.45) is 0 Å². The molecule has 0 aliphatic carbocycles. The van der Waals surface area contributed by atoms with Crippen LogP contribution in [0.25, 0.3) is 0 Å². The van der Waals surface area contributed by atoms with Gasteiger partial charge in [0, 0.05) is 6.04 Å². The van der Waals surface area contributed by atoms with Crippen molar-refractivity contribution in [3.63, 3.8) is 0 Å². The quantitative estimate of drug-likeness (QED) is 0.828. The van der Waals surface area contributed by atoms with Crippen LogP contribution in [0.5, 0.6) is 0 Å². The van der Waals surface area contributed by atoms with Crippen molar-refractivity contribution in [2.75, 3.05) is 0 Å². The van der Waals surface area contributed by atoms with Gasteiger partial charge in [-0.15, -0.1) is 0 Å². The maximum atomic E-state index is 12.2. The SMILES string of the molecule is CC(Cc1ccccc1)NC(=O)C(Br)c1ccccc1. The Balaban J connectivity index is 1.91. The van der Waals surface area contributed by atoms with Crippen LogP contribution in [-0.2, 0) is 11.2 Å². The van der Waals surface area contributed by atoms with Gasteiger partial charge in [0.1, 0.15) is 4.83 Å². The molecule has 0 radical (unpaired) electrons. The Kier molecular flexibility index (Phi) is 5.36. The number of carbonyl (C=O) groups is 1. The maximum absolute atomic E-state index is 12.2. The molecule has 2 unspecified atom stereocenters. The van der Waals surface area contributed by atoms with Crippen LogP contribution in [0.3, 0.4) is 0 Å². The van der Waals surface area contributed by atoms with Crippen molar-refractivity contribution < 1.29 is 4.79 Å². The van der Waals surface area contributed by atoms with Crippen molar-refractivity contribution in [3.8, 4) is 0 Å². The summed E-state index contributed by atoms with van der Waals surface area (Å²) in [7, 11) is 0. The first-order valence-corrected chi connectivity index (χ1v) is 7.61. The normalized spacial score (nSPS) is 13.5. The third-order valence-electron chi connectivity index (χ3n) is 3.10. The van der Waals surface area contributed by atoms with E-state index in [1.807, 2.05) is 55.5 Å². The van der Waals surface area contributed by atoms with Crippen LogP contribution in [0.15, 0.2) is 60.7 Å². The fourth-order valence-electron chi connectivity index (χ4n) is 2.11. The molecule has 0 saturated carbocycles. The predicted octanol–water partition coefficient (Wildman–Crippen LogP) is 3.87. The number of nitrogens with one attached hydrogen (secondary N) is 1. The lowest BCUT2D eigenvalue weighted by atomic mass is 10.1. The second kappa shape index (κ2) is 7.25. The molecular weight excluding hydrogens is 314 g/mol. The summed E-state index contributed by atoms with van der Waals surface area (Å²) >= 11 is 3.45. The number of hydrogen-bond donors (Lipinski definition) is 1. The van der Waals surface area contributed by atoms with Crippen molar-refractivity contribution >= 4 is 21.8 Å². The molecule has 0 fully saturated rings. The molecule has 2 atom stereocenters. The molecule has 20 heavy (non-hydrogen) atoms. The molecule has 0 saturated heterocycles. The van der Waals surface area contributed by atoms with Gasteiger partial charge in [-0.3, -0.25) is 4.79 Å². The average Bonchev–Trinajstić information content (AvgIpc) is 2.48. The minimum absolute atomic E-state index is 0.000342. The van der Waals surface area contributed by atoms with Gasteiger partial charge in [0.05, 0.1) is 0 Å². The van der Waals surface area contributed by atoms with Gasteiger partial charge in [-0.2, -0.15) is 0 Å². The summed E-state index contributed by atoms with van der Waals surface area (Å²) in [4.78, 5) is 11.9. The van der Waals surface area contributed by atoms with E-state index < -0.39 is 0 Å². The van der Waals surface area contributed by atoms with Crippen LogP contribution in [-0.4, -0.2) is 11.9 Å². The summed E-state index contributed by atoms with van der Waals surface area (Å²) in [5, 5.41) is 3.04. The zero-order valence-corrected chi connectivity index (χ0v) is 13.0. The Bertz CT molecular complexity index is 541. The summed E-state index contributed by atoms with van der Waals surface area (Å²) in [5.74, 6) is -0.000342. The van der Waals surface area contributed by atoms with Gasteiger partial charge in [-0.05, 0) is 24.5 Å². The highest BCUT2D eigenvalue weighted by Crippen LogP contribution is 2.22.